The van der Waals surface area contributed by atoms with Gasteiger partial charge in [-0.2, -0.15) is 0 Å². The number of aromatic amines is 1. The Bertz CT molecular complexity index is 799. The lowest BCUT2D eigenvalue weighted by atomic mass is 9.99. The van der Waals surface area contributed by atoms with Crippen molar-refractivity contribution in [3.63, 3.8) is 0 Å². The monoisotopic (exact) mass is 317 g/mol. The average Bonchev–Trinajstić information content (AvgIpc) is 3.13. The Hall–Kier alpha value is -2.52. The van der Waals surface area contributed by atoms with Gasteiger partial charge >= 0.3 is 0 Å². The normalized spacial score (nSPS) is 15.6. The van der Waals surface area contributed by atoms with Gasteiger partial charge in [0.05, 0.1) is 5.69 Å². The summed E-state index contributed by atoms with van der Waals surface area (Å²) >= 11 is 0. The first kappa shape index (κ1) is 15.0. The molecule has 0 bridgehead atoms. The van der Waals surface area contributed by atoms with Crippen LogP contribution in [0.3, 0.4) is 0 Å². The number of hydrogen-bond acceptors (Lipinski definition) is 2. The van der Waals surface area contributed by atoms with E-state index < -0.39 is 0 Å². The molecule has 24 heavy (non-hydrogen) atoms. The maximum atomic E-state index is 3.43. The Kier molecular flexibility index (Phi) is 4.09. The van der Waals surface area contributed by atoms with Crippen LogP contribution in [0.25, 0.3) is 22.4 Å². The van der Waals surface area contributed by atoms with E-state index in [2.05, 4.69) is 82.5 Å². The van der Waals surface area contributed by atoms with Gasteiger partial charge in [0, 0.05) is 49.2 Å². The van der Waals surface area contributed by atoms with Gasteiger partial charge in [-0.25, -0.2) is 0 Å². The van der Waals surface area contributed by atoms with Gasteiger partial charge in [-0.3, -0.25) is 0 Å². The number of benzene rings is 2. The number of hydrogen-bond donors (Lipinski definition) is 1. The molecule has 1 N–H and O–H groups in total. The smallest absolute Gasteiger partial charge is 0.0534 e. The van der Waals surface area contributed by atoms with Crippen LogP contribution in [0, 0.1) is 0 Å². The number of para-hydroxylation sites is 1. The summed E-state index contributed by atoms with van der Waals surface area (Å²) in [7, 11) is 2.20. The first-order chi connectivity index (χ1) is 11.8. The van der Waals surface area contributed by atoms with Crippen molar-refractivity contribution >= 4 is 5.69 Å². The quantitative estimate of drug-likeness (QED) is 0.785. The maximum Gasteiger partial charge on any atom is 0.0534 e. The average molecular weight is 317 g/mol. The van der Waals surface area contributed by atoms with Gasteiger partial charge in [-0.05, 0) is 24.7 Å². The Labute approximate surface area is 143 Å². The van der Waals surface area contributed by atoms with Gasteiger partial charge < -0.3 is 14.8 Å². The number of nitrogens with zero attached hydrogens (tertiary/aromatic N) is 2. The van der Waals surface area contributed by atoms with Crippen LogP contribution in [-0.4, -0.2) is 43.1 Å². The molecule has 0 unspecified atom stereocenters. The first-order valence-corrected chi connectivity index (χ1v) is 8.58. The molecule has 2 aromatic carbocycles. The minimum absolute atomic E-state index is 1.08. The van der Waals surface area contributed by atoms with E-state index in [0.29, 0.717) is 0 Å². The van der Waals surface area contributed by atoms with E-state index in [1.807, 2.05) is 6.20 Å². The molecule has 3 aromatic rings. The van der Waals surface area contributed by atoms with Crippen molar-refractivity contribution in [2.75, 3.05) is 38.1 Å². The van der Waals surface area contributed by atoms with Crippen molar-refractivity contribution in [3.05, 3.63) is 66.9 Å². The molecule has 2 heterocycles. The summed E-state index contributed by atoms with van der Waals surface area (Å²) < 4.78 is 0. The number of nitrogens with one attached hydrogen (secondary N) is 1. The molecule has 0 aliphatic carbocycles. The van der Waals surface area contributed by atoms with Gasteiger partial charge in [0.25, 0.3) is 0 Å². The Balaban J connectivity index is 1.75. The van der Waals surface area contributed by atoms with Crippen molar-refractivity contribution in [1.82, 2.24) is 9.88 Å². The Morgan fingerprint density at radius 2 is 1.46 bits per heavy atom. The molecule has 0 atom stereocenters. The molecule has 0 amide bonds. The molecule has 0 spiro atoms. The van der Waals surface area contributed by atoms with Gasteiger partial charge in [0.2, 0.25) is 0 Å². The summed E-state index contributed by atoms with van der Waals surface area (Å²) in [6.07, 6.45) is 2.04. The number of likely N-dealkylation sites (N-methyl/N-ethyl adjacent to an activating group) is 1. The van der Waals surface area contributed by atoms with Crippen LogP contribution in [0.5, 0.6) is 0 Å². The molecule has 1 aliphatic rings. The topological polar surface area (TPSA) is 22.3 Å². The summed E-state index contributed by atoms with van der Waals surface area (Å²) in [6, 6.07) is 21.5. The summed E-state index contributed by atoms with van der Waals surface area (Å²) in [5, 5.41) is 0. The second-order valence-electron chi connectivity index (χ2n) is 6.44. The third-order valence-corrected chi connectivity index (χ3v) is 4.85. The maximum absolute atomic E-state index is 3.43. The standard InChI is InChI=1S/C21H23N3/c1-23-13-15-24(16-14-23)20-10-6-5-9-18(20)19-11-12-22-21(19)17-7-3-2-4-8-17/h2-12,22H,13-16H2,1H3. The molecule has 3 heteroatoms. The molecule has 4 rings (SSSR count). The Morgan fingerprint density at radius 3 is 2.25 bits per heavy atom. The van der Waals surface area contributed by atoms with Crippen LogP contribution in [-0.2, 0) is 0 Å². The third kappa shape index (κ3) is 2.83. The predicted molar refractivity (Wildman–Crippen MR) is 101 cm³/mol. The van der Waals surface area contributed by atoms with Crippen LogP contribution in [0.4, 0.5) is 5.69 Å². The fourth-order valence-corrected chi connectivity index (χ4v) is 3.46. The van der Waals surface area contributed by atoms with Crippen LogP contribution in [0.1, 0.15) is 0 Å². The minimum atomic E-state index is 1.08. The van der Waals surface area contributed by atoms with E-state index in [4.69, 9.17) is 0 Å². The molecule has 1 fully saturated rings. The lowest BCUT2D eigenvalue weighted by Gasteiger charge is -2.35. The van der Waals surface area contributed by atoms with Crippen molar-refractivity contribution in [2.24, 2.45) is 0 Å². The second-order valence-corrected chi connectivity index (χ2v) is 6.44. The van der Waals surface area contributed by atoms with Crippen LogP contribution < -0.4 is 4.90 Å². The molecule has 0 saturated carbocycles. The number of piperazine rings is 1. The van der Waals surface area contributed by atoms with E-state index in [0.717, 1.165) is 26.2 Å². The Morgan fingerprint density at radius 1 is 0.750 bits per heavy atom. The molecule has 3 nitrogen and oxygen atoms in total. The number of aromatic nitrogens is 1. The van der Waals surface area contributed by atoms with Crippen molar-refractivity contribution in [3.8, 4) is 22.4 Å². The lowest BCUT2D eigenvalue weighted by Crippen LogP contribution is -2.44. The lowest BCUT2D eigenvalue weighted by molar-refractivity contribution is 0.313. The summed E-state index contributed by atoms with van der Waals surface area (Å²) in [4.78, 5) is 8.34. The zero-order valence-corrected chi connectivity index (χ0v) is 14.1. The largest absolute Gasteiger partial charge is 0.368 e. The highest BCUT2D eigenvalue weighted by Gasteiger charge is 2.19. The van der Waals surface area contributed by atoms with Crippen molar-refractivity contribution in [2.45, 2.75) is 0 Å². The van der Waals surface area contributed by atoms with E-state index in [1.165, 1.54) is 28.1 Å². The molecule has 1 aromatic heterocycles. The van der Waals surface area contributed by atoms with E-state index in [1.54, 1.807) is 0 Å². The summed E-state index contributed by atoms with van der Waals surface area (Å²) in [5.41, 5.74) is 6.34. The van der Waals surface area contributed by atoms with Crippen LogP contribution >= 0.6 is 0 Å². The van der Waals surface area contributed by atoms with E-state index in [-0.39, 0.29) is 0 Å². The van der Waals surface area contributed by atoms with Gasteiger partial charge in [0.1, 0.15) is 0 Å². The van der Waals surface area contributed by atoms with Crippen LogP contribution in [0.15, 0.2) is 66.9 Å². The predicted octanol–water partition coefficient (Wildman–Crippen LogP) is 4.10. The van der Waals surface area contributed by atoms with E-state index >= 15 is 0 Å². The second kappa shape index (κ2) is 6.54. The van der Waals surface area contributed by atoms with Gasteiger partial charge in [-0.1, -0.05) is 48.5 Å². The SMILES string of the molecule is CN1CCN(c2ccccc2-c2cc[nH]c2-c2ccccc2)CC1. The fourth-order valence-electron chi connectivity index (χ4n) is 3.46. The third-order valence-electron chi connectivity index (χ3n) is 4.85. The molecular weight excluding hydrogens is 294 g/mol. The molecule has 1 saturated heterocycles. The zero-order chi connectivity index (χ0) is 16.4. The summed E-state index contributed by atoms with van der Waals surface area (Å²) in [5.74, 6) is 0. The zero-order valence-electron chi connectivity index (χ0n) is 14.1. The molecule has 122 valence electrons. The first-order valence-electron chi connectivity index (χ1n) is 8.58. The van der Waals surface area contributed by atoms with Gasteiger partial charge in [0.15, 0.2) is 0 Å². The fraction of sp³-hybridized carbons (Fsp3) is 0.238. The highest BCUT2D eigenvalue weighted by Crippen LogP contribution is 2.37. The van der Waals surface area contributed by atoms with E-state index in [9.17, 15) is 0 Å². The summed E-state index contributed by atoms with van der Waals surface area (Å²) in [6.45, 7) is 4.40. The minimum Gasteiger partial charge on any atom is -0.368 e. The molecule has 0 radical (unpaired) electrons. The van der Waals surface area contributed by atoms with Crippen molar-refractivity contribution < 1.29 is 0 Å². The molecular formula is C21H23N3. The van der Waals surface area contributed by atoms with Crippen molar-refractivity contribution in [1.29, 1.82) is 0 Å². The van der Waals surface area contributed by atoms with Crippen LogP contribution in [0.2, 0.25) is 0 Å². The number of anilines is 1. The highest BCUT2D eigenvalue weighted by molar-refractivity contribution is 5.88. The number of H-pyrrole nitrogens is 1. The van der Waals surface area contributed by atoms with Gasteiger partial charge in [-0.15, -0.1) is 0 Å². The molecule has 1 aliphatic heterocycles. The highest BCUT2D eigenvalue weighted by atomic mass is 15.2. The number of rotatable bonds is 3.